The molecule has 0 bridgehead atoms. The second-order valence-corrected chi connectivity index (χ2v) is 4.96. The van der Waals surface area contributed by atoms with Gasteiger partial charge in [-0.15, -0.1) is 12.4 Å². The average molecular weight is 334 g/mol. The third kappa shape index (κ3) is 4.40. The fourth-order valence-electron chi connectivity index (χ4n) is 2.11. The number of nitrogen functional groups attached to an aromatic ring is 1. The molecule has 2 N–H and O–H groups in total. The lowest BCUT2D eigenvalue weighted by molar-refractivity contribution is -0.137. The number of nitrogens with zero attached hydrogens (tertiary/aromatic N) is 2. The Hall–Kier alpha value is -1.69. The van der Waals surface area contributed by atoms with Crippen LogP contribution in [-0.2, 0) is 12.7 Å². The van der Waals surface area contributed by atoms with Gasteiger partial charge in [-0.25, -0.2) is 4.98 Å². The van der Waals surface area contributed by atoms with Gasteiger partial charge < -0.3 is 10.3 Å². The van der Waals surface area contributed by atoms with Crippen LogP contribution < -0.4 is 5.73 Å². The molecule has 22 heavy (non-hydrogen) atoms. The summed E-state index contributed by atoms with van der Waals surface area (Å²) in [5.41, 5.74) is 6.39. The van der Waals surface area contributed by atoms with E-state index < -0.39 is 11.7 Å². The van der Waals surface area contributed by atoms with Gasteiger partial charge in [-0.1, -0.05) is 31.9 Å². The molecule has 0 saturated heterocycles. The highest BCUT2D eigenvalue weighted by Crippen LogP contribution is 2.30. The molecule has 122 valence electrons. The predicted octanol–water partition coefficient (Wildman–Crippen LogP) is 4.76. The Balaban J connectivity index is 0.00000242. The normalized spacial score (nSPS) is 11.3. The first kappa shape index (κ1) is 18.4. The summed E-state index contributed by atoms with van der Waals surface area (Å²) < 4.78 is 39.4. The van der Waals surface area contributed by atoms with Gasteiger partial charge in [0.05, 0.1) is 11.3 Å². The molecular formula is C15H19ClF3N3. The fourth-order valence-corrected chi connectivity index (χ4v) is 2.11. The number of aromatic nitrogens is 2. The molecule has 1 aromatic heterocycles. The van der Waals surface area contributed by atoms with Gasteiger partial charge in [0.2, 0.25) is 5.95 Å². The number of imidazole rings is 1. The molecule has 1 heterocycles. The van der Waals surface area contributed by atoms with E-state index in [2.05, 4.69) is 11.9 Å². The van der Waals surface area contributed by atoms with Gasteiger partial charge in [0, 0.05) is 18.3 Å². The van der Waals surface area contributed by atoms with Crippen LogP contribution in [-0.4, -0.2) is 9.55 Å². The van der Waals surface area contributed by atoms with E-state index >= 15 is 0 Å². The minimum atomic E-state index is -4.32. The van der Waals surface area contributed by atoms with Crippen molar-refractivity contribution in [1.82, 2.24) is 9.55 Å². The number of hydrogen-bond acceptors (Lipinski definition) is 2. The van der Waals surface area contributed by atoms with E-state index in [0.29, 0.717) is 17.2 Å². The lowest BCUT2D eigenvalue weighted by atomic mass is 10.1. The van der Waals surface area contributed by atoms with Gasteiger partial charge in [0.15, 0.2) is 0 Å². The predicted molar refractivity (Wildman–Crippen MR) is 83.9 cm³/mol. The van der Waals surface area contributed by atoms with E-state index in [1.807, 2.05) is 4.57 Å². The summed E-state index contributed by atoms with van der Waals surface area (Å²) in [5.74, 6) is 0.390. The van der Waals surface area contributed by atoms with E-state index in [4.69, 9.17) is 5.73 Å². The summed E-state index contributed by atoms with van der Waals surface area (Å²) in [4.78, 5) is 4.21. The maximum absolute atomic E-state index is 12.5. The number of rotatable bonds is 5. The summed E-state index contributed by atoms with van der Waals surface area (Å²) in [5, 5.41) is 0. The number of aryl methyl sites for hydroxylation is 1. The van der Waals surface area contributed by atoms with Crippen molar-refractivity contribution in [2.45, 2.75) is 38.9 Å². The SMILES string of the molecule is CCCCCn1cc(-c2ccc(C(F)(F)F)cc2)nc1N.Cl. The zero-order valence-corrected chi connectivity index (χ0v) is 13.0. The molecule has 0 spiro atoms. The zero-order chi connectivity index (χ0) is 15.5. The number of alkyl halides is 3. The van der Waals surface area contributed by atoms with Gasteiger partial charge in [0.25, 0.3) is 0 Å². The molecule has 0 unspecified atom stereocenters. The summed E-state index contributed by atoms with van der Waals surface area (Å²) in [6.07, 6.45) is 0.682. The van der Waals surface area contributed by atoms with Gasteiger partial charge in [-0.3, -0.25) is 0 Å². The number of nitrogens with two attached hydrogens (primary N) is 1. The van der Waals surface area contributed by atoms with Crippen LogP contribution in [0.4, 0.5) is 19.1 Å². The van der Waals surface area contributed by atoms with Crippen molar-refractivity contribution >= 4 is 18.4 Å². The van der Waals surface area contributed by atoms with Gasteiger partial charge in [-0.05, 0) is 18.6 Å². The van der Waals surface area contributed by atoms with Crippen molar-refractivity contribution in [3.63, 3.8) is 0 Å². The number of halogens is 4. The number of benzene rings is 1. The third-order valence-corrected chi connectivity index (χ3v) is 3.32. The van der Waals surface area contributed by atoms with Gasteiger partial charge >= 0.3 is 6.18 Å². The molecule has 7 heteroatoms. The van der Waals surface area contributed by atoms with E-state index in [9.17, 15) is 13.2 Å². The topological polar surface area (TPSA) is 43.8 Å². The molecule has 0 atom stereocenters. The monoisotopic (exact) mass is 333 g/mol. The van der Waals surface area contributed by atoms with E-state index in [-0.39, 0.29) is 12.4 Å². The Morgan fingerprint density at radius 2 is 1.77 bits per heavy atom. The highest BCUT2D eigenvalue weighted by atomic mass is 35.5. The van der Waals surface area contributed by atoms with Crippen LogP contribution >= 0.6 is 12.4 Å². The van der Waals surface area contributed by atoms with Crippen molar-refractivity contribution < 1.29 is 13.2 Å². The maximum Gasteiger partial charge on any atom is 0.416 e. The van der Waals surface area contributed by atoms with Crippen molar-refractivity contribution in [1.29, 1.82) is 0 Å². The summed E-state index contributed by atoms with van der Waals surface area (Å²) in [6.45, 7) is 2.89. The molecule has 0 fully saturated rings. The molecule has 0 aliphatic rings. The lowest BCUT2D eigenvalue weighted by Gasteiger charge is -2.06. The first-order valence-corrected chi connectivity index (χ1v) is 6.92. The minimum Gasteiger partial charge on any atom is -0.369 e. The highest BCUT2D eigenvalue weighted by Gasteiger charge is 2.30. The van der Waals surface area contributed by atoms with Crippen LogP contribution in [0.25, 0.3) is 11.3 Å². The third-order valence-electron chi connectivity index (χ3n) is 3.32. The Morgan fingerprint density at radius 1 is 1.14 bits per heavy atom. The van der Waals surface area contributed by atoms with Gasteiger partial charge in [-0.2, -0.15) is 13.2 Å². The number of anilines is 1. The Morgan fingerprint density at radius 3 is 2.32 bits per heavy atom. The number of hydrogen-bond donors (Lipinski definition) is 1. The first-order valence-electron chi connectivity index (χ1n) is 6.92. The van der Waals surface area contributed by atoms with E-state index in [0.717, 1.165) is 37.9 Å². The zero-order valence-electron chi connectivity index (χ0n) is 12.2. The van der Waals surface area contributed by atoms with Crippen molar-refractivity contribution in [2.75, 3.05) is 5.73 Å². The van der Waals surface area contributed by atoms with Crippen LogP contribution in [0.5, 0.6) is 0 Å². The highest BCUT2D eigenvalue weighted by molar-refractivity contribution is 5.85. The molecule has 2 rings (SSSR count). The lowest BCUT2D eigenvalue weighted by Crippen LogP contribution is -2.03. The summed E-state index contributed by atoms with van der Waals surface area (Å²) in [6, 6.07) is 4.95. The van der Waals surface area contributed by atoms with E-state index in [1.54, 1.807) is 6.20 Å². The average Bonchev–Trinajstić information content (AvgIpc) is 2.80. The van der Waals surface area contributed by atoms with E-state index in [1.165, 1.54) is 12.1 Å². The van der Waals surface area contributed by atoms with Crippen LogP contribution in [0.15, 0.2) is 30.5 Å². The number of unbranched alkanes of at least 4 members (excludes halogenated alkanes) is 2. The molecule has 2 aromatic rings. The fraction of sp³-hybridized carbons (Fsp3) is 0.400. The summed E-state index contributed by atoms with van der Waals surface area (Å²) >= 11 is 0. The van der Waals surface area contributed by atoms with Crippen molar-refractivity contribution in [3.8, 4) is 11.3 Å². The second-order valence-electron chi connectivity index (χ2n) is 4.96. The Labute approximate surface area is 133 Å². The van der Waals surface area contributed by atoms with Crippen molar-refractivity contribution in [2.24, 2.45) is 0 Å². The Bertz CT molecular complexity index is 591. The first-order chi connectivity index (χ1) is 9.91. The quantitative estimate of drug-likeness (QED) is 0.801. The molecule has 0 radical (unpaired) electrons. The molecule has 0 saturated carbocycles. The van der Waals surface area contributed by atoms with Gasteiger partial charge in [0.1, 0.15) is 0 Å². The molecule has 0 aliphatic heterocycles. The second kappa shape index (κ2) is 7.54. The van der Waals surface area contributed by atoms with Crippen molar-refractivity contribution in [3.05, 3.63) is 36.0 Å². The standard InChI is InChI=1S/C15H18F3N3.ClH/c1-2-3-4-9-21-10-13(20-14(21)19)11-5-7-12(8-6-11)15(16,17)18;/h5-8,10H,2-4,9H2,1H3,(H2,19,20);1H. The Kier molecular flexibility index (Phi) is 6.29. The van der Waals surface area contributed by atoms with Crippen LogP contribution in [0.1, 0.15) is 31.7 Å². The molecular weight excluding hydrogens is 315 g/mol. The summed E-state index contributed by atoms with van der Waals surface area (Å²) in [7, 11) is 0. The maximum atomic E-state index is 12.5. The van der Waals surface area contributed by atoms with Crippen LogP contribution in [0.3, 0.4) is 0 Å². The van der Waals surface area contributed by atoms with Crippen LogP contribution in [0, 0.1) is 0 Å². The molecule has 0 aliphatic carbocycles. The molecule has 0 amide bonds. The minimum absolute atomic E-state index is 0. The van der Waals surface area contributed by atoms with Crippen LogP contribution in [0.2, 0.25) is 0 Å². The molecule has 3 nitrogen and oxygen atoms in total. The largest absolute Gasteiger partial charge is 0.416 e. The smallest absolute Gasteiger partial charge is 0.369 e. The molecule has 1 aromatic carbocycles.